The monoisotopic (exact) mass is 600 g/mol. The van der Waals surface area contributed by atoms with Crippen molar-refractivity contribution >= 4 is 45.4 Å². The van der Waals surface area contributed by atoms with E-state index in [-0.39, 0.29) is 22.8 Å². The second-order valence-corrected chi connectivity index (χ2v) is 11.8. The van der Waals surface area contributed by atoms with E-state index in [1.807, 2.05) is 31.2 Å². The number of carbonyl (C=O) groups excluding carboxylic acids is 2. The molecule has 41 heavy (non-hydrogen) atoms. The minimum atomic E-state index is -4.12. The number of carboxylic acid groups (broad SMARTS) is 2. The number of aromatic hydroxyl groups is 1. The molecule has 3 aromatic rings. The van der Waals surface area contributed by atoms with Gasteiger partial charge in [-0.25, -0.2) is 17.9 Å². The van der Waals surface area contributed by atoms with E-state index in [1.54, 1.807) is 0 Å². The summed E-state index contributed by atoms with van der Waals surface area (Å²) in [7, 11) is -4.12. The average Bonchev–Trinajstić information content (AvgIpc) is 2.92. The lowest BCUT2D eigenvalue weighted by atomic mass is 10.1. The number of Topliss-reactive ketones (excluding diaryl/α,β-unsaturated/α-hetero) is 1. The molecule has 1 atom stereocenters. The van der Waals surface area contributed by atoms with E-state index in [2.05, 4.69) is 10.0 Å². The molecule has 0 aliphatic rings. The second-order valence-electron chi connectivity index (χ2n) is 9.02. The highest BCUT2D eigenvalue weighted by Gasteiger charge is 2.24. The number of benzene rings is 3. The lowest BCUT2D eigenvalue weighted by Crippen LogP contribution is -2.43. The lowest BCUT2D eigenvalue weighted by Gasteiger charge is -2.16. The van der Waals surface area contributed by atoms with Gasteiger partial charge < -0.3 is 20.6 Å². The number of aliphatic carboxylic acids is 1. The fraction of sp³-hybridized carbons (Fsp3) is 0.214. The molecule has 0 bridgehead atoms. The van der Waals surface area contributed by atoms with Gasteiger partial charge in [-0.2, -0.15) is 0 Å². The SMILES string of the molecule is Cc1ccccc1CSCC(=O)[C@H](CC(=O)O)NC(=O)c1ccc(CNS(=O)(=O)c2ccc(O)c(C(=O)O)c2)cc1. The van der Waals surface area contributed by atoms with Crippen molar-refractivity contribution in [1.29, 1.82) is 0 Å². The van der Waals surface area contributed by atoms with Gasteiger partial charge in [0.25, 0.3) is 5.91 Å². The molecule has 0 saturated heterocycles. The van der Waals surface area contributed by atoms with Crippen LogP contribution in [-0.2, 0) is 31.9 Å². The topological polar surface area (TPSA) is 187 Å². The number of phenols is 1. The third-order valence-corrected chi connectivity index (χ3v) is 8.43. The molecule has 0 radical (unpaired) electrons. The number of amides is 1. The second kappa shape index (κ2) is 13.9. The molecule has 0 unspecified atom stereocenters. The highest BCUT2D eigenvalue weighted by molar-refractivity contribution is 7.99. The molecule has 5 N–H and O–H groups in total. The molecule has 0 aromatic heterocycles. The van der Waals surface area contributed by atoms with Gasteiger partial charge in [-0.1, -0.05) is 36.4 Å². The van der Waals surface area contributed by atoms with Crippen molar-refractivity contribution in [2.45, 2.75) is 36.6 Å². The summed E-state index contributed by atoms with van der Waals surface area (Å²) in [6, 6.07) is 15.1. The van der Waals surface area contributed by atoms with Crippen molar-refractivity contribution in [2.75, 3.05) is 5.75 Å². The number of aryl methyl sites for hydroxylation is 1. The number of hydrogen-bond donors (Lipinski definition) is 5. The van der Waals surface area contributed by atoms with Crippen LogP contribution in [0.2, 0.25) is 0 Å². The summed E-state index contributed by atoms with van der Waals surface area (Å²) < 4.78 is 27.5. The fourth-order valence-electron chi connectivity index (χ4n) is 3.69. The molecule has 13 heteroatoms. The minimum Gasteiger partial charge on any atom is -0.507 e. The molecule has 0 heterocycles. The normalized spacial score (nSPS) is 11.9. The molecule has 1 amide bonds. The van der Waals surface area contributed by atoms with Crippen LogP contribution >= 0.6 is 11.8 Å². The van der Waals surface area contributed by atoms with Crippen LogP contribution in [0.3, 0.4) is 0 Å². The van der Waals surface area contributed by atoms with Crippen LogP contribution < -0.4 is 10.0 Å². The van der Waals surface area contributed by atoms with Crippen LogP contribution in [0, 0.1) is 6.92 Å². The fourth-order valence-corrected chi connectivity index (χ4v) is 5.78. The zero-order valence-electron chi connectivity index (χ0n) is 21.9. The van der Waals surface area contributed by atoms with Gasteiger partial charge in [-0.3, -0.25) is 14.4 Å². The van der Waals surface area contributed by atoms with E-state index in [0.717, 1.165) is 29.3 Å². The van der Waals surface area contributed by atoms with E-state index >= 15 is 0 Å². The van der Waals surface area contributed by atoms with Gasteiger partial charge in [0, 0.05) is 17.9 Å². The first-order valence-electron chi connectivity index (χ1n) is 12.2. The number of carboxylic acids is 2. The maximum atomic E-state index is 12.8. The predicted octanol–water partition coefficient (Wildman–Crippen LogP) is 2.95. The molecule has 0 fully saturated rings. The molecular weight excluding hydrogens is 572 g/mol. The quantitative estimate of drug-likeness (QED) is 0.184. The number of aromatic carboxylic acids is 1. The Hall–Kier alpha value is -4.20. The summed E-state index contributed by atoms with van der Waals surface area (Å²) in [6.07, 6.45) is -0.573. The van der Waals surface area contributed by atoms with Crippen LogP contribution in [0.1, 0.15) is 43.8 Å². The van der Waals surface area contributed by atoms with Crippen LogP contribution in [-0.4, -0.2) is 59.2 Å². The molecule has 3 aromatic carbocycles. The van der Waals surface area contributed by atoms with E-state index < -0.39 is 57.4 Å². The molecule has 0 spiro atoms. The van der Waals surface area contributed by atoms with Crippen LogP contribution in [0.5, 0.6) is 5.75 Å². The van der Waals surface area contributed by atoms with Crippen molar-refractivity contribution < 1.29 is 42.9 Å². The zero-order valence-corrected chi connectivity index (χ0v) is 23.5. The van der Waals surface area contributed by atoms with Gasteiger partial charge in [0.15, 0.2) is 5.78 Å². The Bertz CT molecular complexity index is 1550. The Morgan fingerprint density at radius 1 is 0.951 bits per heavy atom. The molecule has 216 valence electrons. The first kappa shape index (κ1) is 31.3. The van der Waals surface area contributed by atoms with Gasteiger partial charge in [0.2, 0.25) is 10.0 Å². The van der Waals surface area contributed by atoms with Crippen LogP contribution in [0.15, 0.2) is 71.6 Å². The van der Waals surface area contributed by atoms with Crippen molar-refractivity contribution in [3.63, 3.8) is 0 Å². The van der Waals surface area contributed by atoms with Crippen molar-refractivity contribution in [3.05, 3.63) is 94.5 Å². The summed E-state index contributed by atoms with van der Waals surface area (Å²) in [5.41, 5.74) is 2.17. The van der Waals surface area contributed by atoms with Gasteiger partial charge in [-0.15, -0.1) is 11.8 Å². The Morgan fingerprint density at radius 3 is 2.27 bits per heavy atom. The van der Waals surface area contributed by atoms with Crippen LogP contribution in [0.4, 0.5) is 0 Å². The van der Waals surface area contributed by atoms with E-state index in [4.69, 9.17) is 5.11 Å². The Balaban J connectivity index is 1.60. The Kier molecular flexibility index (Phi) is 10.6. The summed E-state index contributed by atoms with van der Waals surface area (Å²) >= 11 is 1.33. The maximum absolute atomic E-state index is 12.8. The van der Waals surface area contributed by atoms with E-state index in [9.17, 15) is 37.8 Å². The Labute approximate surface area is 240 Å². The highest BCUT2D eigenvalue weighted by Crippen LogP contribution is 2.22. The number of thioether (sulfide) groups is 1. The number of rotatable bonds is 14. The molecule has 11 nitrogen and oxygen atoms in total. The number of sulfonamides is 1. The summed E-state index contributed by atoms with van der Waals surface area (Å²) in [5, 5.41) is 30.4. The molecule has 0 aliphatic heterocycles. The van der Waals surface area contributed by atoms with Crippen molar-refractivity contribution in [2.24, 2.45) is 0 Å². The Morgan fingerprint density at radius 2 is 1.63 bits per heavy atom. The molecular formula is C28H28N2O9S2. The van der Waals surface area contributed by atoms with E-state index in [0.29, 0.717) is 11.3 Å². The minimum absolute atomic E-state index is 0.0145. The smallest absolute Gasteiger partial charge is 0.339 e. The number of hydrogen-bond acceptors (Lipinski definition) is 8. The average molecular weight is 601 g/mol. The van der Waals surface area contributed by atoms with Gasteiger partial charge >= 0.3 is 11.9 Å². The van der Waals surface area contributed by atoms with Crippen LogP contribution in [0.25, 0.3) is 0 Å². The molecule has 0 aliphatic carbocycles. The largest absolute Gasteiger partial charge is 0.507 e. The van der Waals surface area contributed by atoms with Gasteiger partial charge in [0.1, 0.15) is 11.3 Å². The summed E-state index contributed by atoms with van der Waals surface area (Å²) in [4.78, 5) is 47.7. The van der Waals surface area contributed by atoms with Crippen molar-refractivity contribution in [3.8, 4) is 5.75 Å². The molecule has 3 rings (SSSR count). The first-order chi connectivity index (χ1) is 19.4. The zero-order chi connectivity index (χ0) is 30.2. The van der Waals surface area contributed by atoms with Gasteiger partial charge in [-0.05, 0) is 53.9 Å². The summed E-state index contributed by atoms with van der Waals surface area (Å²) in [5.74, 6) is -3.80. The molecule has 0 saturated carbocycles. The van der Waals surface area contributed by atoms with E-state index in [1.165, 1.54) is 36.0 Å². The number of nitrogens with one attached hydrogen (secondary N) is 2. The van der Waals surface area contributed by atoms with Gasteiger partial charge in [0.05, 0.1) is 23.1 Å². The maximum Gasteiger partial charge on any atom is 0.339 e. The highest BCUT2D eigenvalue weighted by atomic mass is 32.2. The summed E-state index contributed by atoms with van der Waals surface area (Å²) in [6.45, 7) is 1.77. The third kappa shape index (κ3) is 8.90. The third-order valence-electron chi connectivity index (χ3n) is 6.03. The predicted molar refractivity (Wildman–Crippen MR) is 151 cm³/mol. The number of carbonyl (C=O) groups is 4. The van der Waals surface area contributed by atoms with Crippen molar-refractivity contribution in [1.82, 2.24) is 10.0 Å². The first-order valence-corrected chi connectivity index (χ1v) is 14.8. The standard InChI is InChI=1S/C28H28N2O9S2/c1-17-4-2-3-5-20(17)15-40-16-25(32)23(13-26(33)34)30-27(35)19-8-6-18(7-9-19)14-29-41(38,39)21-10-11-24(31)22(12-21)28(36)37/h2-12,23,29,31H,13-16H2,1H3,(H,30,35)(H,33,34)(H,36,37)/t23-/m0/s1. The number of ketones is 1. The lowest BCUT2D eigenvalue weighted by molar-refractivity contribution is -0.139.